The topological polar surface area (TPSA) is 38.3 Å². The highest BCUT2D eigenvalue weighted by Crippen LogP contribution is 2.02. The van der Waals surface area contributed by atoms with E-state index < -0.39 is 8.32 Å². The molecule has 0 heterocycles. The van der Waals surface area contributed by atoms with Gasteiger partial charge in [-0.15, -0.1) is 0 Å². The van der Waals surface area contributed by atoms with Gasteiger partial charge in [-0.1, -0.05) is 6.58 Å². The van der Waals surface area contributed by atoms with E-state index in [-0.39, 0.29) is 5.91 Å². The van der Waals surface area contributed by atoms with Crippen LogP contribution in [-0.4, -0.2) is 30.5 Å². The molecule has 0 aliphatic carbocycles. The molecule has 0 saturated carbocycles. The second-order valence-corrected chi connectivity index (χ2v) is 10.3. The van der Waals surface area contributed by atoms with Crippen LogP contribution >= 0.6 is 0 Å². The third kappa shape index (κ3) is 9.90. The lowest BCUT2D eigenvalue weighted by Crippen LogP contribution is -2.28. The van der Waals surface area contributed by atoms with Crippen molar-refractivity contribution in [3.05, 3.63) is 12.2 Å². The van der Waals surface area contributed by atoms with Gasteiger partial charge >= 0.3 is 0 Å². The van der Waals surface area contributed by atoms with Gasteiger partial charge in [-0.25, -0.2) is 0 Å². The molecule has 0 aromatic heterocycles. The van der Waals surface area contributed by atoms with Crippen LogP contribution in [0.2, 0.25) is 25.7 Å². The van der Waals surface area contributed by atoms with Crippen LogP contribution in [-0.2, 0) is 8.91 Å². The van der Waals surface area contributed by atoms with Crippen molar-refractivity contribution in [1.82, 2.24) is 5.32 Å². The Kier molecular flexibility index (Phi) is 6.79. The van der Waals surface area contributed by atoms with E-state index >= 15 is 0 Å². The first-order valence-electron chi connectivity index (χ1n) is 5.17. The van der Waals surface area contributed by atoms with Crippen LogP contribution < -0.4 is 5.32 Å². The summed E-state index contributed by atoms with van der Waals surface area (Å²) in [6.45, 7) is 12.6. The predicted molar refractivity (Wildman–Crippen MR) is 67.4 cm³/mol. The van der Waals surface area contributed by atoms with E-state index in [1.54, 1.807) is 6.92 Å². The zero-order valence-electron chi connectivity index (χ0n) is 10.1. The van der Waals surface area contributed by atoms with Gasteiger partial charge in [0.1, 0.15) is 0 Å². The summed E-state index contributed by atoms with van der Waals surface area (Å²) >= 11 is 0. The number of carbonyl (C=O) groups excluding carboxylic acids is 1. The number of carbonyl (C=O) groups is 1. The molecule has 15 heavy (non-hydrogen) atoms. The first-order valence-corrected chi connectivity index (χ1v) is 9.70. The maximum absolute atomic E-state index is 11.1. The normalized spacial score (nSPS) is 11.2. The highest BCUT2D eigenvalue weighted by molar-refractivity contribution is 6.73. The number of hydrogen-bond donors (Lipinski definition) is 1. The van der Waals surface area contributed by atoms with Crippen molar-refractivity contribution in [2.75, 3.05) is 6.54 Å². The van der Waals surface area contributed by atoms with Crippen molar-refractivity contribution < 1.29 is 8.91 Å². The molecule has 2 radical (unpaired) electrons. The second-order valence-electron chi connectivity index (χ2n) is 4.50. The van der Waals surface area contributed by atoms with E-state index in [9.17, 15) is 4.79 Å². The third-order valence-electron chi connectivity index (χ3n) is 1.51. The first-order chi connectivity index (χ1) is 6.83. The van der Waals surface area contributed by atoms with E-state index in [1.165, 1.54) is 0 Å². The molecule has 0 aromatic carbocycles. The summed E-state index contributed by atoms with van der Waals surface area (Å²) in [4.78, 5) is 11.1. The molecular weight excluding hydrogens is 222 g/mol. The number of hydrogen-bond acceptors (Lipinski definition) is 2. The van der Waals surface area contributed by atoms with Gasteiger partial charge in [0.15, 0.2) is 8.32 Å². The molecule has 0 unspecified atom stereocenters. The standard InChI is InChI=1S/C10H21NO2Si2/c1-9(2)10(12)11-7-6-8-14-13-15(3,4)5/h1,6-8H2,2-5H3,(H,11,12). The molecule has 0 fully saturated rings. The average molecular weight is 243 g/mol. The maximum Gasteiger partial charge on any atom is 0.246 e. The van der Waals surface area contributed by atoms with Crippen molar-refractivity contribution >= 4 is 24.0 Å². The molecule has 0 rings (SSSR count). The molecule has 0 aliphatic rings. The van der Waals surface area contributed by atoms with Gasteiger partial charge in [-0.2, -0.15) is 0 Å². The lowest BCUT2D eigenvalue weighted by molar-refractivity contribution is -0.117. The molecule has 86 valence electrons. The van der Waals surface area contributed by atoms with Gasteiger partial charge < -0.3 is 9.43 Å². The van der Waals surface area contributed by atoms with E-state index in [2.05, 4.69) is 31.5 Å². The molecule has 3 nitrogen and oxygen atoms in total. The van der Waals surface area contributed by atoms with E-state index in [0.29, 0.717) is 21.9 Å². The fourth-order valence-electron chi connectivity index (χ4n) is 0.781. The van der Waals surface area contributed by atoms with Crippen LogP contribution in [0.25, 0.3) is 0 Å². The van der Waals surface area contributed by atoms with Gasteiger partial charge in [0.2, 0.25) is 15.7 Å². The minimum Gasteiger partial charge on any atom is -0.456 e. The summed E-state index contributed by atoms with van der Waals surface area (Å²) in [6.07, 6.45) is 0.974. The highest BCUT2D eigenvalue weighted by atomic mass is 28.4. The first kappa shape index (κ1) is 14.6. The average Bonchev–Trinajstić information content (AvgIpc) is 2.08. The van der Waals surface area contributed by atoms with Crippen LogP contribution in [0.3, 0.4) is 0 Å². The summed E-state index contributed by atoms with van der Waals surface area (Å²) in [6, 6.07) is 1.03. The van der Waals surface area contributed by atoms with Crippen LogP contribution in [0.5, 0.6) is 0 Å². The molecule has 0 aromatic rings. The van der Waals surface area contributed by atoms with Gasteiger partial charge in [0, 0.05) is 12.1 Å². The summed E-state index contributed by atoms with van der Waals surface area (Å²) in [5, 5.41) is 2.80. The van der Waals surface area contributed by atoms with E-state index in [1.807, 2.05) is 0 Å². The minimum absolute atomic E-state index is 0.0514. The fourth-order valence-corrected chi connectivity index (χ4v) is 3.24. The van der Waals surface area contributed by atoms with Crippen LogP contribution in [0, 0.1) is 0 Å². The monoisotopic (exact) mass is 243 g/mol. The quantitative estimate of drug-likeness (QED) is 0.422. The maximum atomic E-state index is 11.1. The van der Waals surface area contributed by atoms with Crippen molar-refractivity contribution in [1.29, 1.82) is 0 Å². The second kappa shape index (κ2) is 6.97. The zero-order valence-corrected chi connectivity index (χ0v) is 12.1. The molecule has 1 amide bonds. The van der Waals surface area contributed by atoms with Crippen molar-refractivity contribution in [3.8, 4) is 0 Å². The Balaban J connectivity index is 3.33. The number of amides is 1. The minimum atomic E-state index is -1.35. The Morgan fingerprint density at radius 1 is 1.47 bits per heavy atom. The summed E-state index contributed by atoms with van der Waals surface area (Å²) in [7, 11) is -0.777. The lowest BCUT2D eigenvalue weighted by atomic mass is 10.3. The number of nitrogens with one attached hydrogen (secondary N) is 1. The Labute approximate surface area is 96.4 Å². The molecule has 0 spiro atoms. The SMILES string of the molecule is C=C(C)C(=O)NCCC[Si]O[Si](C)(C)C. The van der Waals surface area contributed by atoms with Crippen molar-refractivity contribution in [2.24, 2.45) is 0 Å². The zero-order chi connectivity index (χ0) is 11.9. The smallest absolute Gasteiger partial charge is 0.246 e. The Morgan fingerprint density at radius 2 is 2.07 bits per heavy atom. The molecule has 1 N–H and O–H groups in total. The molecule has 0 bridgehead atoms. The fraction of sp³-hybridized carbons (Fsp3) is 0.700. The summed E-state index contributed by atoms with van der Waals surface area (Å²) in [5.41, 5.74) is 0.566. The van der Waals surface area contributed by atoms with E-state index in [0.717, 1.165) is 12.5 Å². The molecule has 0 saturated heterocycles. The Morgan fingerprint density at radius 3 is 2.53 bits per heavy atom. The Bertz CT molecular complexity index is 224. The number of rotatable bonds is 7. The Hall–Kier alpha value is -0.396. The van der Waals surface area contributed by atoms with Crippen LogP contribution in [0.4, 0.5) is 0 Å². The van der Waals surface area contributed by atoms with Gasteiger partial charge in [-0.3, -0.25) is 4.79 Å². The van der Waals surface area contributed by atoms with Crippen LogP contribution in [0.15, 0.2) is 12.2 Å². The largest absolute Gasteiger partial charge is 0.456 e. The highest BCUT2D eigenvalue weighted by Gasteiger charge is 2.13. The van der Waals surface area contributed by atoms with E-state index in [4.69, 9.17) is 4.12 Å². The van der Waals surface area contributed by atoms with Gasteiger partial charge in [-0.05, 0) is 39.0 Å². The molecule has 0 atom stereocenters. The summed E-state index contributed by atoms with van der Waals surface area (Å²) < 4.78 is 5.72. The van der Waals surface area contributed by atoms with Crippen molar-refractivity contribution in [2.45, 2.75) is 39.0 Å². The van der Waals surface area contributed by atoms with Crippen LogP contribution in [0.1, 0.15) is 13.3 Å². The summed E-state index contributed by atoms with van der Waals surface area (Å²) in [5.74, 6) is -0.0514. The van der Waals surface area contributed by atoms with Gasteiger partial charge in [0.25, 0.3) is 0 Å². The van der Waals surface area contributed by atoms with Crippen molar-refractivity contribution in [3.63, 3.8) is 0 Å². The lowest BCUT2D eigenvalue weighted by Gasteiger charge is -2.16. The molecule has 0 aliphatic heterocycles. The van der Waals surface area contributed by atoms with Gasteiger partial charge in [0.05, 0.1) is 0 Å². The molecule has 5 heteroatoms. The third-order valence-corrected chi connectivity index (χ3v) is 5.09. The predicted octanol–water partition coefficient (Wildman–Crippen LogP) is 1.96. The molecular formula is C10H21NO2Si2.